The number of rotatable bonds is 13. The predicted molar refractivity (Wildman–Crippen MR) is 504 cm³/mol. The van der Waals surface area contributed by atoms with Crippen molar-refractivity contribution in [3.8, 4) is 66.8 Å². The summed E-state index contributed by atoms with van der Waals surface area (Å²) < 4.78 is 0. The molecule has 13 aliphatic rings. The molecule has 2 heteroatoms. The second-order valence-corrected chi connectivity index (χ2v) is 46.0. The Morgan fingerprint density at radius 1 is 0.289 bits per heavy atom. The highest BCUT2D eigenvalue weighted by molar-refractivity contribution is 5.93. The van der Waals surface area contributed by atoms with Crippen molar-refractivity contribution in [3.63, 3.8) is 0 Å². The molecule has 606 valence electrons. The molecule has 0 amide bonds. The minimum atomic E-state index is -0.115. The second-order valence-electron chi connectivity index (χ2n) is 46.0. The molecule has 2 nitrogen and oxygen atoms in total. The van der Waals surface area contributed by atoms with Gasteiger partial charge in [-0.05, 0) is 399 Å². The van der Waals surface area contributed by atoms with Gasteiger partial charge in [0.1, 0.15) is 0 Å². The molecule has 0 radical (unpaired) electrons. The molecule has 13 unspecified atom stereocenters. The summed E-state index contributed by atoms with van der Waals surface area (Å²) in [6.45, 7) is 34.6. The summed E-state index contributed by atoms with van der Waals surface area (Å²) in [7, 11) is 0. The molecule has 4 bridgehead atoms. The summed E-state index contributed by atoms with van der Waals surface area (Å²) in [5.41, 5.74) is 43.6. The SMILES string of the molecule is CC(C)(C)c1ccc(-c2ccc3c(c2)C2(c4cc(N(c5ccc(-c6ccccc6)cc5)c5ccc6c(c5)C(C)(CCC(C)(C)c5ccc(-c7ccc8c(c7)C7(c9cc(N(c%10ccc%11c(c%10)C(C)(C)CCC%11(C)C)c%10ccc%11c(c%10)C(C)(C)c%10ccccc%10-%11)ccc9-8)C8CC9CC%10CC7C%108C9)cc5)CCC6(C)C)ccc4-3)C3CC4CC5CC2C53C4)cc1. The Kier molecular flexibility index (Phi) is 14.9. The molecule has 12 aromatic rings. The van der Waals surface area contributed by atoms with Gasteiger partial charge in [0.15, 0.2) is 0 Å². The lowest BCUT2D eigenvalue weighted by Gasteiger charge is -2.76. The van der Waals surface area contributed by atoms with E-state index in [4.69, 9.17) is 0 Å². The number of fused-ring (bicyclic) bond motifs is 21. The maximum atomic E-state index is 2.75. The number of benzene rings is 12. The third-order valence-electron chi connectivity index (χ3n) is 37.4. The summed E-state index contributed by atoms with van der Waals surface area (Å²) >= 11 is 0. The second kappa shape index (κ2) is 24.4. The monoisotopic (exact) mass is 1580 g/mol. The summed E-state index contributed by atoms with van der Waals surface area (Å²) in [5, 5.41) is 0. The highest BCUT2D eigenvalue weighted by Crippen LogP contribution is 2.91. The van der Waals surface area contributed by atoms with Crippen LogP contribution in [0.15, 0.2) is 255 Å². The van der Waals surface area contributed by atoms with Crippen LogP contribution in [0.2, 0.25) is 0 Å². The van der Waals surface area contributed by atoms with Crippen LogP contribution in [0.25, 0.3) is 66.8 Å². The first-order valence-corrected chi connectivity index (χ1v) is 47.1. The molecule has 12 aromatic carbocycles. The summed E-state index contributed by atoms with van der Waals surface area (Å²) in [6, 6.07) is 103. The number of hydrogen-bond acceptors (Lipinski definition) is 2. The van der Waals surface area contributed by atoms with Gasteiger partial charge in [0.05, 0.1) is 0 Å². The summed E-state index contributed by atoms with van der Waals surface area (Å²) in [5.74, 6) is 6.32. The van der Waals surface area contributed by atoms with Crippen molar-refractivity contribution in [1.82, 2.24) is 0 Å². The highest BCUT2D eigenvalue weighted by Gasteiger charge is 2.86. The van der Waals surface area contributed by atoms with Crippen LogP contribution in [0.3, 0.4) is 0 Å². The fraction of sp³-hybridized carbons (Fsp3) is 0.395. The maximum Gasteiger partial charge on any atom is 0.0465 e. The third kappa shape index (κ3) is 9.68. The topological polar surface area (TPSA) is 6.48 Å². The molecule has 4 spiro atoms. The van der Waals surface area contributed by atoms with Crippen LogP contribution in [0.1, 0.15) is 254 Å². The van der Waals surface area contributed by atoms with Gasteiger partial charge in [-0.2, -0.15) is 0 Å². The zero-order valence-corrected chi connectivity index (χ0v) is 74.2. The largest absolute Gasteiger partial charge is 0.310 e. The van der Waals surface area contributed by atoms with Crippen LogP contribution in [0.5, 0.6) is 0 Å². The fourth-order valence-electron chi connectivity index (χ4n) is 31.1. The van der Waals surface area contributed by atoms with E-state index in [2.05, 4.69) is 362 Å². The molecule has 8 fully saturated rings. The first-order chi connectivity index (χ1) is 58.0. The Balaban J connectivity index is 0.545. The fourth-order valence-corrected chi connectivity index (χ4v) is 31.1. The number of hydrogen-bond donors (Lipinski definition) is 0. The van der Waals surface area contributed by atoms with E-state index in [1.54, 1.807) is 22.3 Å². The first-order valence-electron chi connectivity index (χ1n) is 47.1. The van der Waals surface area contributed by atoms with Gasteiger partial charge < -0.3 is 9.80 Å². The Labute approximate surface area is 721 Å². The van der Waals surface area contributed by atoms with Crippen molar-refractivity contribution in [1.29, 1.82) is 0 Å². The van der Waals surface area contributed by atoms with E-state index in [1.165, 1.54) is 216 Å². The Morgan fingerprint density at radius 2 is 0.653 bits per heavy atom. The minimum absolute atomic E-state index is 0.00833. The van der Waals surface area contributed by atoms with Gasteiger partial charge in [-0.1, -0.05) is 267 Å². The van der Waals surface area contributed by atoms with E-state index in [0.29, 0.717) is 34.5 Å². The average molecular weight is 1580 g/mol. The molecule has 121 heavy (non-hydrogen) atoms. The van der Waals surface area contributed by atoms with Gasteiger partial charge in [-0.25, -0.2) is 0 Å². The molecule has 25 rings (SSSR count). The van der Waals surface area contributed by atoms with Gasteiger partial charge in [0, 0.05) is 50.4 Å². The number of anilines is 6. The standard InChI is InChI=1S/C119H120N2/c1-109(2,3)79-32-24-75(25-33-79)77-30-43-91-93-46-39-85(65-101(93)118(99(91)60-77)105-58-71-56-81-62-107(118)116(81,105)69-71)120(83-36-28-74(29-37-83)73-20-16-15-17-21-73)88-42-49-97-104(68-88)115(14,55-53-112(97,8)9)54-52-110(4,5)80-34-26-76(27-35-80)78-31-44-92-94-47-40-86(66-102(94)119(100(92)61-78)106-59-72-57-82-63-108(119)117(82,106)70-72)121(87-41-48-96-103(67-87)113(10,11)51-50-111(96,6)7)84-38-45-90-89-22-18-19-23-95(89)114(12,13)98(90)64-84/h15-49,60-61,64-68,71-72,81-82,105-108H,50-59,62-63,69-70H2,1-14H3. The van der Waals surface area contributed by atoms with Crippen molar-refractivity contribution in [2.24, 2.45) is 58.2 Å². The number of nitrogens with zero attached hydrogens (tertiary/aromatic N) is 2. The molecular formula is C119H120N2. The van der Waals surface area contributed by atoms with Gasteiger partial charge in [-0.15, -0.1) is 0 Å². The van der Waals surface area contributed by atoms with Crippen molar-refractivity contribution < 1.29 is 0 Å². The predicted octanol–water partition coefficient (Wildman–Crippen LogP) is 31.3. The quantitative estimate of drug-likeness (QED) is 0.114. The van der Waals surface area contributed by atoms with E-state index in [-0.39, 0.29) is 48.7 Å². The average Bonchev–Trinajstić information content (AvgIpc) is 1.45. The Bertz CT molecular complexity index is 6410. The third-order valence-corrected chi connectivity index (χ3v) is 37.4. The highest BCUT2D eigenvalue weighted by atomic mass is 15.2. The van der Waals surface area contributed by atoms with Gasteiger partial charge >= 0.3 is 0 Å². The van der Waals surface area contributed by atoms with Crippen LogP contribution in [-0.2, 0) is 48.7 Å². The van der Waals surface area contributed by atoms with Crippen LogP contribution >= 0.6 is 0 Å². The summed E-state index contributed by atoms with van der Waals surface area (Å²) in [4.78, 5) is 5.35. The first kappa shape index (κ1) is 73.9. The zero-order chi connectivity index (χ0) is 82.2. The van der Waals surface area contributed by atoms with Crippen molar-refractivity contribution >= 4 is 34.1 Å². The lowest BCUT2D eigenvalue weighted by Crippen LogP contribution is -2.73. The van der Waals surface area contributed by atoms with Crippen molar-refractivity contribution in [2.45, 2.75) is 236 Å². The lowest BCUT2D eigenvalue weighted by atomic mass is 9.27. The molecule has 13 atom stereocenters. The van der Waals surface area contributed by atoms with E-state index >= 15 is 0 Å². The Hall–Kier alpha value is -9.76. The maximum absolute atomic E-state index is 2.75. The normalized spacial score (nSPS) is 29.5. The molecule has 0 heterocycles. The van der Waals surface area contributed by atoms with Crippen molar-refractivity contribution in [2.75, 3.05) is 9.80 Å². The van der Waals surface area contributed by atoms with E-state index < -0.39 is 0 Å². The molecule has 0 N–H and O–H groups in total. The van der Waals surface area contributed by atoms with Gasteiger partial charge in [-0.3, -0.25) is 0 Å². The van der Waals surface area contributed by atoms with Crippen molar-refractivity contribution in [3.05, 3.63) is 322 Å². The van der Waals surface area contributed by atoms with Gasteiger partial charge in [0.25, 0.3) is 0 Å². The molecular weight excluding hydrogens is 1460 g/mol. The molecule has 0 aromatic heterocycles. The smallest absolute Gasteiger partial charge is 0.0465 e. The van der Waals surface area contributed by atoms with Crippen LogP contribution in [0, 0.1) is 58.2 Å². The van der Waals surface area contributed by atoms with E-state index in [0.717, 1.165) is 42.9 Å². The van der Waals surface area contributed by atoms with Crippen LogP contribution < -0.4 is 9.80 Å². The van der Waals surface area contributed by atoms with Crippen LogP contribution in [0.4, 0.5) is 34.1 Å². The molecule has 0 aliphatic heterocycles. The zero-order valence-electron chi connectivity index (χ0n) is 74.2. The lowest BCUT2D eigenvalue weighted by molar-refractivity contribution is -0.231. The van der Waals surface area contributed by atoms with Crippen LogP contribution in [-0.4, -0.2) is 0 Å². The molecule has 13 aliphatic carbocycles. The Morgan fingerprint density at radius 3 is 1.17 bits per heavy atom. The minimum Gasteiger partial charge on any atom is -0.310 e. The van der Waals surface area contributed by atoms with Gasteiger partial charge in [0.2, 0.25) is 0 Å². The summed E-state index contributed by atoms with van der Waals surface area (Å²) in [6.07, 6.45) is 18.3. The molecule has 8 saturated carbocycles. The van der Waals surface area contributed by atoms with E-state index in [9.17, 15) is 0 Å². The molecule has 0 saturated heterocycles. The van der Waals surface area contributed by atoms with E-state index in [1.807, 2.05) is 0 Å².